The number of carbonyl (C=O) groups is 3. The third-order valence-corrected chi connectivity index (χ3v) is 7.08. The fourth-order valence-electron chi connectivity index (χ4n) is 5.45. The minimum atomic E-state index is -0.876. The summed E-state index contributed by atoms with van der Waals surface area (Å²) in [7, 11) is 0. The molecule has 2 N–H and O–H groups in total. The van der Waals surface area contributed by atoms with Gasteiger partial charge in [0.2, 0.25) is 5.91 Å². The predicted molar refractivity (Wildman–Crippen MR) is 128 cm³/mol. The maximum Gasteiger partial charge on any atom is 0.407 e. The van der Waals surface area contributed by atoms with Crippen molar-refractivity contribution in [2.75, 3.05) is 13.2 Å². The van der Waals surface area contributed by atoms with E-state index in [-0.39, 0.29) is 24.5 Å². The first-order chi connectivity index (χ1) is 16.5. The second kappa shape index (κ2) is 10.3. The van der Waals surface area contributed by atoms with Crippen molar-refractivity contribution in [2.24, 2.45) is 5.92 Å². The van der Waals surface area contributed by atoms with Gasteiger partial charge in [0.1, 0.15) is 12.6 Å². The third kappa shape index (κ3) is 4.52. The van der Waals surface area contributed by atoms with Crippen molar-refractivity contribution < 1.29 is 24.2 Å². The quantitative estimate of drug-likeness (QED) is 0.604. The first kappa shape index (κ1) is 23.8. The summed E-state index contributed by atoms with van der Waals surface area (Å²) in [6, 6.07) is 15.2. The molecule has 1 saturated heterocycles. The van der Waals surface area contributed by atoms with Crippen molar-refractivity contribution in [3.05, 3.63) is 59.7 Å². The van der Waals surface area contributed by atoms with E-state index in [9.17, 15) is 19.5 Å². The van der Waals surface area contributed by atoms with Crippen molar-refractivity contribution >= 4 is 18.0 Å². The number of amides is 2. The summed E-state index contributed by atoms with van der Waals surface area (Å²) in [5.74, 6) is -1.73. The van der Waals surface area contributed by atoms with E-state index in [0.717, 1.165) is 22.3 Å². The Morgan fingerprint density at radius 2 is 1.68 bits per heavy atom. The summed E-state index contributed by atoms with van der Waals surface area (Å²) in [6.07, 6.45) is 1.53. The van der Waals surface area contributed by atoms with Crippen molar-refractivity contribution in [1.82, 2.24) is 10.2 Å². The van der Waals surface area contributed by atoms with Gasteiger partial charge in [-0.3, -0.25) is 9.59 Å². The van der Waals surface area contributed by atoms with Crippen LogP contribution in [0.5, 0.6) is 0 Å². The van der Waals surface area contributed by atoms with Gasteiger partial charge in [0.15, 0.2) is 0 Å². The van der Waals surface area contributed by atoms with Crippen molar-refractivity contribution in [2.45, 2.75) is 57.5 Å². The van der Waals surface area contributed by atoms with Crippen molar-refractivity contribution in [3.8, 4) is 11.1 Å². The highest BCUT2D eigenvalue weighted by Crippen LogP contribution is 2.44. The first-order valence-corrected chi connectivity index (χ1v) is 12.1. The second-order valence-electron chi connectivity index (χ2n) is 9.05. The zero-order chi connectivity index (χ0) is 24.2. The third-order valence-electron chi connectivity index (χ3n) is 7.08. The van der Waals surface area contributed by atoms with Crippen molar-refractivity contribution in [1.29, 1.82) is 0 Å². The monoisotopic (exact) mass is 464 g/mol. The summed E-state index contributed by atoms with van der Waals surface area (Å²) in [6.45, 7) is 4.40. The van der Waals surface area contributed by atoms with Gasteiger partial charge in [0, 0.05) is 18.5 Å². The lowest BCUT2D eigenvalue weighted by atomic mass is 9.98. The number of carboxylic acid groups (broad SMARTS) is 1. The van der Waals surface area contributed by atoms with Crippen LogP contribution in [0.3, 0.4) is 0 Å². The molecule has 0 spiro atoms. The van der Waals surface area contributed by atoms with E-state index < -0.39 is 24.0 Å². The molecule has 0 bridgehead atoms. The minimum Gasteiger partial charge on any atom is -0.481 e. The average molecular weight is 465 g/mol. The van der Waals surface area contributed by atoms with Crippen LogP contribution < -0.4 is 5.32 Å². The molecule has 2 amide bonds. The molecule has 3 atom stereocenters. The van der Waals surface area contributed by atoms with E-state index in [0.29, 0.717) is 32.2 Å². The largest absolute Gasteiger partial charge is 0.481 e. The summed E-state index contributed by atoms with van der Waals surface area (Å²) in [5.41, 5.74) is 4.55. The lowest BCUT2D eigenvalue weighted by molar-refractivity contribution is -0.143. The van der Waals surface area contributed by atoms with E-state index in [2.05, 4.69) is 29.6 Å². The number of hydrogen-bond donors (Lipinski definition) is 2. The molecule has 1 fully saturated rings. The van der Waals surface area contributed by atoms with E-state index >= 15 is 0 Å². The van der Waals surface area contributed by atoms with Gasteiger partial charge in [-0.25, -0.2) is 4.79 Å². The molecule has 1 aliphatic heterocycles. The fourth-order valence-corrected chi connectivity index (χ4v) is 5.45. The molecule has 0 aromatic heterocycles. The molecule has 7 heteroatoms. The Morgan fingerprint density at radius 3 is 2.24 bits per heavy atom. The highest BCUT2D eigenvalue weighted by atomic mass is 16.5. The molecule has 2 aromatic rings. The topological polar surface area (TPSA) is 95.9 Å². The summed E-state index contributed by atoms with van der Waals surface area (Å²) >= 11 is 0. The molecule has 4 rings (SSSR count). The highest BCUT2D eigenvalue weighted by molar-refractivity contribution is 5.87. The highest BCUT2D eigenvalue weighted by Gasteiger charge is 2.42. The zero-order valence-electron chi connectivity index (χ0n) is 19.7. The van der Waals surface area contributed by atoms with Crippen LogP contribution in [0.25, 0.3) is 11.1 Å². The van der Waals surface area contributed by atoms with Gasteiger partial charge in [0.25, 0.3) is 0 Å². The number of aliphatic carboxylic acids is 1. The van der Waals surface area contributed by atoms with Gasteiger partial charge in [0.05, 0.1) is 5.92 Å². The molecule has 0 saturated carbocycles. The Balaban J connectivity index is 1.42. The molecular formula is C27H32N2O5. The summed E-state index contributed by atoms with van der Waals surface area (Å²) in [5, 5.41) is 12.2. The van der Waals surface area contributed by atoms with Crippen LogP contribution in [-0.4, -0.2) is 53.2 Å². The Hall–Kier alpha value is -3.35. The van der Waals surface area contributed by atoms with Crippen LogP contribution >= 0.6 is 0 Å². The number of ether oxygens (including phenoxy) is 1. The maximum absolute atomic E-state index is 13.3. The number of nitrogens with zero attached hydrogens (tertiary/aromatic N) is 1. The summed E-state index contributed by atoms with van der Waals surface area (Å²) < 4.78 is 5.63. The van der Waals surface area contributed by atoms with Gasteiger partial charge in [-0.2, -0.15) is 0 Å². The molecule has 3 unspecified atom stereocenters. The van der Waals surface area contributed by atoms with Crippen molar-refractivity contribution in [3.63, 3.8) is 0 Å². The summed E-state index contributed by atoms with van der Waals surface area (Å²) in [4.78, 5) is 39.2. The Kier molecular flexibility index (Phi) is 7.20. The van der Waals surface area contributed by atoms with E-state index in [4.69, 9.17) is 4.74 Å². The molecule has 180 valence electrons. The number of benzene rings is 2. The predicted octanol–water partition coefficient (Wildman–Crippen LogP) is 4.41. The average Bonchev–Trinajstić information content (AvgIpc) is 3.41. The molecule has 2 aromatic carbocycles. The van der Waals surface area contributed by atoms with Gasteiger partial charge in [-0.15, -0.1) is 0 Å². The maximum atomic E-state index is 13.3. The molecule has 7 nitrogen and oxygen atoms in total. The molecule has 2 aliphatic rings. The van der Waals surface area contributed by atoms with Crippen LogP contribution in [0.1, 0.15) is 56.6 Å². The van der Waals surface area contributed by atoms with Crippen LogP contribution in [0.4, 0.5) is 4.79 Å². The second-order valence-corrected chi connectivity index (χ2v) is 9.05. The SMILES string of the molecule is CCCC(NC(=O)OCC1c2ccccc2-c2ccccc21)C(=O)N1CCC(C(=O)O)C1CC. The number of hydrogen-bond acceptors (Lipinski definition) is 4. The lowest BCUT2D eigenvalue weighted by Gasteiger charge is -2.30. The number of fused-ring (bicyclic) bond motifs is 3. The lowest BCUT2D eigenvalue weighted by Crippen LogP contribution is -2.51. The number of alkyl carbamates (subject to hydrolysis) is 1. The number of rotatable bonds is 8. The number of nitrogens with one attached hydrogen (secondary N) is 1. The van der Waals surface area contributed by atoms with E-state index in [1.807, 2.05) is 38.1 Å². The number of carboxylic acids is 1. The van der Waals surface area contributed by atoms with Gasteiger partial charge < -0.3 is 20.1 Å². The molecular weight excluding hydrogens is 432 g/mol. The fraction of sp³-hybridized carbons (Fsp3) is 0.444. The molecule has 1 heterocycles. The normalized spacial score (nSPS) is 19.9. The number of carbonyl (C=O) groups excluding carboxylic acids is 2. The Morgan fingerprint density at radius 1 is 1.06 bits per heavy atom. The van der Waals surface area contributed by atoms with Crippen LogP contribution in [-0.2, 0) is 14.3 Å². The van der Waals surface area contributed by atoms with E-state index in [1.54, 1.807) is 4.90 Å². The van der Waals surface area contributed by atoms with Gasteiger partial charge in [-0.1, -0.05) is 68.8 Å². The Bertz CT molecular complexity index is 1020. The molecule has 1 aliphatic carbocycles. The van der Waals surface area contributed by atoms with Crippen LogP contribution in [0.2, 0.25) is 0 Å². The van der Waals surface area contributed by atoms with Gasteiger partial charge >= 0.3 is 12.1 Å². The smallest absolute Gasteiger partial charge is 0.407 e. The molecule has 0 radical (unpaired) electrons. The minimum absolute atomic E-state index is 0.0575. The van der Waals surface area contributed by atoms with Crippen LogP contribution in [0, 0.1) is 5.92 Å². The van der Waals surface area contributed by atoms with Crippen LogP contribution in [0.15, 0.2) is 48.5 Å². The number of likely N-dealkylation sites (tertiary alicyclic amines) is 1. The van der Waals surface area contributed by atoms with E-state index in [1.165, 1.54) is 0 Å². The Labute approximate surface area is 200 Å². The zero-order valence-corrected chi connectivity index (χ0v) is 19.7. The molecule has 34 heavy (non-hydrogen) atoms. The first-order valence-electron chi connectivity index (χ1n) is 12.1. The standard InChI is InChI=1S/C27H32N2O5/c1-3-9-23(25(30)29-15-14-21(26(31)32)24(29)4-2)28-27(33)34-16-22-19-12-7-5-10-17(19)18-11-6-8-13-20(18)22/h5-8,10-13,21-24H,3-4,9,14-16H2,1-2H3,(H,28,33)(H,31,32). The van der Waals surface area contributed by atoms with Gasteiger partial charge in [-0.05, 0) is 41.5 Å².